The van der Waals surface area contributed by atoms with E-state index in [1.807, 2.05) is 11.3 Å². The van der Waals surface area contributed by atoms with Crippen LogP contribution in [0.1, 0.15) is 42.4 Å². The molecular weight excluding hydrogens is 176 g/mol. The van der Waals surface area contributed by atoms with E-state index in [-0.39, 0.29) is 0 Å². The first-order valence-electron chi connectivity index (χ1n) is 5.23. The van der Waals surface area contributed by atoms with Crippen LogP contribution in [0.3, 0.4) is 0 Å². The predicted molar refractivity (Wildman–Crippen MR) is 59.4 cm³/mol. The summed E-state index contributed by atoms with van der Waals surface area (Å²) in [5.41, 5.74) is 0. The Bertz CT molecular complexity index is 277. The second kappa shape index (κ2) is 3.45. The Balaban J connectivity index is 2.11. The molecule has 1 aromatic rings. The lowest BCUT2D eigenvalue weighted by atomic mass is 10.0. The summed E-state index contributed by atoms with van der Waals surface area (Å²) in [7, 11) is 0. The van der Waals surface area contributed by atoms with Crippen molar-refractivity contribution in [1.82, 2.24) is 0 Å². The van der Waals surface area contributed by atoms with E-state index in [1.165, 1.54) is 17.7 Å². The van der Waals surface area contributed by atoms with Crippen molar-refractivity contribution < 1.29 is 0 Å². The molecule has 1 aliphatic rings. The van der Waals surface area contributed by atoms with E-state index in [2.05, 4.69) is 32.9 Å². The van der Waals surface area contributed by atoms with Gasteiger partial charge in [-0.3, -0.25) is 0 Å². The molecule has 0 spiro atoms. The van der Waals surface area contributed by atoms with E-state index in [4.69, 9.17) is 0 Å². The molecule has 0 radical (unpaired) electrons. The lowest BCUT2D eigenvalue weighted by Gasteiger charge is -2.05. The summed E-state index contributed by atoms with van der Waals surface area (Å²) < 4.78 is 0. The van der Waals surface area contributed by atoms with Gasteiger partial charge in [-0.1, -0.05) is 13.8 Å². The molecule has 72 valence electrons. The zero-order valence-corrected chi connectivity index (χ0v) is 9.53. The monoisotopic (exact) mass is 194 g/mol. The fraction of sp³-hybridized carbons (Fsp3) is 0.667. The van der Waals surface area contributed by atoms with Gasteiger partial charge in [0, 0.05) is 9.75 Å². The van der Waals surface area contributed by atoms with Gasteiger partial charge in [-0.15, -0.1) is 11.3 Å². The van der Waals surface area contributed by atoms with Gasteiger partial charge in [0.05, 0.1) is 0 Å². The standard InChI is InChI=1S/C12H18S/c1-8-6-11(7-9(8)2)12-5-4-10(3)13-12/h4-5,8-9,11H,6-7H2,1-3H3. The normalized spacial score (nSPS) is 33.9. The van der Waals surface area contributed by atoms with Gasteiger partial charge >= 0.3 is 0 Å². The van der Waals surface area contributed by atoms with Gasteiger partial charge in [0.25, 0.3) is 0 Å². The Morgan fingerprint density at radius 2 is 1.77 bits per heavy atom. The third kappa shape index (κ3) is 1.80. The van der Waals surface area contributed by atoms with E-state index in [0.29, 0.717) is 0 Å². The third-order valence-electron chi connectivity index (χ3n) is 3.45. The van der Waals surface area contributed by atoms with E-state index in [0.717, 1.165) is 17.8 Å². The van der Waals surface area contributed by atoms with Crippen molar-refractivity contribution in [2.45, 2.75) is 39.5 Å². The molecule has 0 nitrogen and oxygen atoms in total. The second-order valence-corrected chi connectivity index (χ2v) is 5.89. The van der Waals surface area contributed by atoms with Crippen molar-refractivity contribution in [3.8, 4) is 0 Å². The van der Waals surface area contributed by atoms with Crippen LogP contribution in [-0.4, -0.2) is 0 Å². The third-order valence-corrected chi connectivity index (χ3v) is 4.61. The minimum absolute atomic E-state index is 0.865. The highest BCUT2D eigenvalue weighted by atomic mass is 32.1. The molecule has 1 aliphatic carbocycles. The summed E-state index contributed by atoms with van der Waals surface area (Å²) in [6.07, 6.45) is 2.81. The highest BCUT2D eigenvalue weighted by molar-refractivity contribution is 7.12. The maximum atomic E-state index is 2.39. The van der Waals surface area contributed by atoms with Crippen LogP contribution < -0.4 is 0 Å². The van der Waals surface area contributed by atoms with Gasteiger partial charge < -0.3 is 0 Å². The molecule has 1 saturated carbocycles. The molecule has 1 aromatic heterocycles. The van der Waals surface area contributed by atoms with Crippen molar-refractivity contribution in [1.29, 1.82) is 0 Å². The van der Waals surface area contributed by atoms with Crippen LogP contribution in [0.5, 0.6) is 0 Å². The van der Waals surface area contributed by atoms with Crippen molar-refractivity contribution in [3.63, 3.8) is 0 Å². The van der Waals surface area contributed by atoms with E-state index < -0.39 is 0 Å². The van der Waals surface area contributed by atoms with E-state index >= 15 is 0 Å². The van der Waals surface area contributed by atoms with Gasteiger partial charge in [-0.2, -0.15) is 0 Å². The predicted octanol–water partition coefficient (Wildman–Crippen LogP) is 4.21. The fourth-order valence-corrected chi connectivity index (χ4v) is 3.37. The molecule has 0 N–H and O–H groups in total. The van der Waals surface area contributed by atoms with Crippen molar-refractivity contribution in [2.24, 2.45) is 11.8 Å². The maximum absolute atomic E-state index is 2.39. The van der Waals surface area contributed by atoms with Gasteiger partial charge in [0.2, 0.25) is 0 Å². The summed E-state index contributed by atoms with van der Waals surface area (Å²) in [5.74, 6) is 2.71. The lowest BCUT2D eigenvalue weighted by Crippen LogP contribution is -1.95. The highest BCUT2D eigenvalue weighted by Crippen LogP contribution is 2.43. The Morgan fingerprint density at radius 1 is 1.15 bits per heavy atom. The summed E-state index contributed by atoms with van der Waals surface area (Å²) in [6, 6.07) is 4.59. The fourth-order valence-electron chi connectivity index (χ4n) is 2.36. The Morgan fingerprint density at radius 3 is 2.23 bits per heavy atom. The summed E-state index contributed by atoms with van der Waals surface area (Å²) in [6.45, 7) is 6.99. The first-order chi connectivity index (χ1) is 6.16. The Hall–Kier alpha value is -0.300. The van der Waals surface area contributed by atoms with Crippen molar-refractivity contribution in [2.75, 3.05) is 0 Å². The van der Waals surface area contributed by atoms with Gasteiger partial charge in [0.15, 0.2) is 0 Å². The van der Waals surface area contributed by atoms with Crippen LogP contribution in [0.4, 0.5) is 0 Å². The van der Waals surface area contributed by atoms with Crippen LogP contribution in [0.15, 0.2) is 12.1 Å². The lowest BCUT2D eigenvalue weighted by molar-refractivity contribution is 0.457. The summed E-state index contributed by atoms with van der Waals surface area (Å²) in [4.78, 5) is 3.08. The molecule has 2 unspecified atom stereocenters. The first kappa shape index (κ1) is 9.26. The minimum Gasteiger partial charge on any atom is -0.145 e. The zero-order valence-electron chi connectivity index (χ0n) is 8.71. The van der Waals surface area contributed by atoms with Crippen LogP contribution in [0.25, 0.3) is 0 Å². The number of hydrogen-bond donors (Lipinski definition) is 0. The molecular formula is C12H18S. The van der Waals surface area contributed by atoms with Crippen molar-refractivity contribution in [3.05, 3.63) is 21.9 Å². The van der Waals surface area contributed by atoms with Crippen LogP contribution in [-0.2, 0) is 0 Å². The molecule has 2 rings (SSSR count). The smallest absolute Gasteiger partial charge is 0.00792 e. The average molecular weight is 194 g/mol. The molecule has 2 atom stereocenters. The maximum Gasteiger partial charge on any atom is 0.00792 e. The SMILES string of the molecule is Cc1ccc(C2CC(C)C(C)C2)s1. The van der Waals surface area contributed by atoms with Crippen molar-refractivity contribution >= 4 is 11.3 Å². The summed E-state index contributed by atoms with van der Waals surface area (Å²) in [5, 5.41) is 0. The molecule has 0 amide bonds. The number of hydrogen-bond acceptors (Lipinski definition) is 1. The number of rotatable bonds is 1. The van der Waals surface area contributed by atoms with E-state index in [1.54, 1.807) is 4.88 Å². The highest BCUT2D eigenvalue weighted by Gasteiger charge is 2.29. The molecule has 1 heterocycles. The zero-order chi connectivity index (χ0) is 9.42. The first-order valence-corrected chi connectivity index (χ1v) is 6.05. The number of thiophene rings is 1. The molecule has 1 fully saturated rings. The average Bonchev–Trinajstić information content (AvgIpc) is 2.61. The molecule has 13 heavy (non-hydrogen) atoms. The van der Waals surface area contributed by atoms with Crippen LogP contribution in [0, 0.1) is 18.8 Å². The van der Waals surface area contributed by atoms with Gasteiger partial charge in [-0.25, -0.2) is 0 Å². The van der Waals surface area contributed by atoms with Crippen LogP contribution in [0.2, 0.25) is 0 Å². The van der Waals surface area contributed by atoms with E-state index in [9.17, 15) is 0 Å². The largest absolute Gasteiger partial charge is 0.145 e. The number of aryl methyl sites for hydroxylation is 1. The Kier molecular flexibility index (Phi) is 2.46. The molecule has 0 aliphatic heterocycles. The molecule has 0 bridgehead atoms. The second-order valence-electron chi connectivity index (χ2n) is 4.57. The molecule has 0 aromatic carbocycles. The van der Waals surface area contributed by atoms with Crippen LogP contribution >= 0.6 is 11.3 Å². The Labute approximate surface area is 85.0 Å². The molecule has 0 saturated heterocycles. The minimum atomic E-state index is 0.865. The van der Waals surface area contributed by atoms with Gasteiger partial charge in [-0.05, 0) is 49.7 Å². The quantitative estimate of drug-likeness (QED) is 0.628. The summed E-state index contributed by atoms with van der Waals surface area (Å²) >= 11 is 1.99. The topological polar surface area (TPSA) is 0 Å². The molecule has 1 heteroatoms. The van der Waals surface area contributed by atoms with Gasteiger partial charge in [0.1, 0.15) is 0 Å².